The van der Waals surface area contributed by atoms with Crippen LogP contribution in [-0.2, 0) is 20.4 Å². The van der Waals surface area contributed by atoms with Crippen molar-refractivity contribution in [1.82, 2.24) is 0 Å². The summed E-state index contributed by atoms with van der Waals surface area (Å²) < 4.78 is 5.48. The molecule has 0 bridgehead atoms. The van der Waals surface area contributed by atoms with Crippen molar-refractivity contribution >= 4 is 5.78 Å². The minimum atomic E-state index is -0.0827. The number of hydrogen-bond acceptors (Lipinski definition) is 3. The minimum Gasteiger partial charge on any atom is -0.396 e. The van der Waals surface area contributed by atoms with Crippen LogP contribution in [0.3, 0.4) is 0 Å². The molecule has 3 nitrogen and oxygen atoms in total. The van der Waals surface area contributed by atoms with Crippen LogP contribution in [0, 0.1) is 0 Å². The van der Waals surface area contributed by atoms with Crippen LogP contribution in [0.4, 0.5) is 0 Å². The minimum absolute atomic E-state index is 0.0662. The van der Waals surface area contributed by atoms with Crippen molar-refractivity contribution in [3.05, 3.63) is 71.8 Å². The fourth-order valence-corrected chi connectivity index (χ4v) is 4.44. The summed E-state index contributed by atoms with van der Waals surface area (Å²) in [6.45, 7) is 5.23. The second kappa shape index (κ2) is 12.0. The van der Waals surface area contributed by atoms with E-state index in [-0.39, 0.29) is 17.4 Å². The van der Waals surface area contributed by atoms with Gasteiger partial charge in [0.25, 0.3) is 0 Å². The lowest BCUT2D eigenvalue weighted by molar-refractivity contribution is -0.119. The first-order valence-electron chi connectivity index (χ1n) is 11.2. The molecular weight excluding hydrogens is 372 g/mol. The number of benzene rings is 2. The molecule has 2 rings (SSSR count). The van der Waals surface area contributed by atoms with Gasteiger partial charge in [0, 0.05) is 32.0 Å². The van der Waals surface area contributed by atoms with E-state index in [0.29, 0.717) is 25.2 Å². The number of aliphatic hydroxyl groups is 1. The normalized spacial score (nSPS) is 15.3. The predicted octanol–water partition coefficient (Wildman–Crippen LogP) is 5.84. The summed E-state index contributed by atoms with van der Waals surface area (Å²) in [4.78, 5) is 12.5. The average Bonchev–Trinajstić information content (AvgIpc) is 2.75. The van der Waals surface area contributed by atoms with Gasteiger partial charge in [-0.1, -0.05) is 74.5 Å². The molecule has 0 amide bonds. The Hall–Kier alpha value is -1.97. The Bertz CT molecular complexity index is 680. The molecule has 2 aromatic rings. The van der Waals surface area contributed by atoms with Crippen molar-refractivity contribution in [3.8, 4) is 0 Å². The first kappa shape index (κ1) is 24.3. The molecule has 0 radical (unpaired) electrons. The Morgan fingerprint density at radius 1 is 0.800 bits per heavy atom. The molecule has 1 N–H and O–H groups in total. The highest BCUT2D eigenvalue weighted by Crippen LogP contribution is 2.33. The van der Waals surface area contributed by atoms with Crippen molar-refractivity contribution in [1.29, 1.82) is 0 Å². The summed E-state index contributed by atoms with van der Waals surface area (Å²) >= 11 is 0. The Balaban J connectivity index is 1.82. The highest BCUT2D eigenvalue weighted by Gasteiger charge is 2.27. The number of ketones is 1. The molecule has 2 aromatic carbocycles. The van der Waals surface area contributed by atoms with Crippen molar-refractivity contribution in [2.24, 2.45) is 0 Å². The molecule has 30 heavy (non-hydrogen) atoms. The van der Waals surface area contributed by atoms with Gasteiger partial charge in [-0.25, -0.2) is 0 Å². The number of Topliss-reactive ketones (excluding diaryl/α,β-unsaturated/α-hetero) is 1. The average molecular weight is 411 g/mol. The van der Waals surface area contributed by atoms with Crippen LogP contribution in [0.25, 0.3) is 0 Å². The molecule has 0 aliphatic carbocycles. The topological polar surface area (TPSA) is 46.5 Å². The van der Waals surface area contributed by atoms with Crippen molar-refractivity contribution in [3.63, 3.8) is 0 Å². The number of ether oxygens (including phenoxy) is 1. The van der Waals surface area contributed by atoms with Crippen LogP contribution in [0.5, 0.6) is 0 Å². The van der Waals surface area contributed by atoms with Crippen LogP contribution >= 0.6 is 0 Å². The molecule has 0 aromatic heterocycles. The molecule has 0 aliphatic rings. The van der Waals surface area contributed by atoms with E-state index in [9.17, 15) is 9.90 Å². The molecule has 3 heteroatoms. The molecule has 164 valence electrons. The zero-order chi connectivity index (χ0) is 21.9. The van der Waals surface area contributed by atoms with E-state index >= 15 is 0 Å². The molecule has 2 atom stereocenters. The van der Waals surface area contributed by atoms with E-state index in [0.717, 1.165) is 32.1 Å². The summed E-state index contributed by atoms with van der Waals surface area (Å²) in [5.74, 6) is 0.335. The van der Waals surface area contributed by atoms with Gasteiger partial charge in [0.05, 0.1) is 6.61 Å². The maximum absolute atomic E-state index is 12.5. The van der Waals surface area contributed by atoms with Gasteiger partial charge in [-0.2, -0.15) is 0 Å². The van der Waals surface area contributed by atoms with Crippen LogP contribution in [-0.4, -0.2) is 31.2 Å². The van der Waals surface area contributed by atoms with Crippen LogP contribution in [0.2, 0.25) is 0 Å². The summed E-state index contributed by atoms with van der Waals surface area (Å²) in [5, 5.41) is 9.52. The lowest BCUT2D eigenvalue weighted by atomic mass is 9.75. The fraction of sp³-hybridized carbons (Fsp3) is 0.519. The van der Waals surface area contributed by atoms with Crippen molar-refractivity contribution < 1.29 is 14.6 Å². The third-order valence-corrected chi connectivity index (χ3v) is 6.44. The molecule has 2 unspecified atom stereocenters. The highest BCUT2D eigenvalue weighted by molar-refractivity contribution is 5.78. The van der Waals surface area contributed by atoms with Crippen LogP contribution in [0.15, 0.2) is 60.7 Å². The molecule has 0 fully saturated rings. The summed E-state index contributed by atoms with van der Waals surface area (Å²) in [5.41, 5.74) is 2.36. The molecule has 0 heterocycles. The first-order valence-corrected chi connectivity index (χ1v) is 11.2. The van der Waals surface area contributed by atoms with E-state index in [1.165, 1.54) is 11.1 Å². The molecular formula is C27H38O3. The van der Waals surface area contributed by atoms with Gasteiger partial charge in [0.15, 0.2) is 0 Å². The SMILES string of the molecule is COCC(C)(CCCC(=O)CCCC(C)(CCO)c1ccccc1)c1ccccc1. The fourth-order valence-electron chi connectivity index (χ4n) is 4.44. The number of carbonyl (C=O) groups is 1. The van der Waals surface area contributed by atoms with Gasteiger partial charge in [-0.15, -0.1) is 0 Å². The molecule has 0 saturated carbocycles. The number of carbonyl (C=O) groups excluding carboxylic acids is 1. The van der Waals surface area contributed by atoms with Gasteiger partial charge in [0.1, 0.15) is 5.78 Å². The van der Waals surface area contributed by atoms with E-state index in [2.05, 4.69) is 50.2 Å². The quantitative estimate of drug-likeness (QED) is 0.425. The summed E-state index contributed by atoms with van der Waals surface area (Å²) in [6.07, 6.45) is 5.53. The highest BCUT2D eigenvalue weighted by atomic mass is 16.5. The van der Waals surface area contributed by atoms with Crippen molar-refractivity contribution in [2.75, 3.05) is 20.3 Å². The Morgan fingerprint density at radius 3 is 1.73 bits per heavy atom. The van der Waals surface area contributed by atoms with Gasteiger partial charge < -0.3 is 9.84 Å². The Labute approximate surface area is 182 Å². The zero-order valence-corrected chi connectivity index (χ0v) is 18.9. The van der Waals surface area contributed by atoms with Crippen molar-refractivity contribution in [2.45, 2.75) is 69.6 Å². The monoisotopic (exact) mass is 410 g/mol. The lowest BCUT2D eigenvalue weighted by Crippen LogP contribution is -2.28. The van der Waals surface area contributed by atoms with Gasteiger partial charge in [0.2, 0.25) is 0 Å². The third kappa shape index (κ3) is 7.07. The number of aliphatic hydroxyl groups excluding tert-OH is 1. The summed E-state index contributed by atoms with van der Waals surface area (Å²) in [7, 11) is 1.74. The van der Waals surface area contributed by atoms with E-state index in [4.69, 9.17) is 4.74 Å². The van der Waals surface area contributed by atoms with Gasteiger partial charge in [-0.3, -0.25) is 4.79 Å². The van der Waals surface area contributed by atoms with Gasteiger partial charge >= 0.3 is 0 Å². The Morgan fingerprint density at radius 2 is 1.27 bits per heavy atom. The van der Waals surface area contributed by atoms with Crippen LogP contribution < -0.4 is 0 Å². The number of methoxy groups -OCH3 is 1. The summed E-state index contributed by atoms with van der Waals surface area (Å²) in [6, 6.07) is 20.8. The number of hydrogen-bond donors (Lipinski definition) is 1. The van der Waals surface area contributed by atoms with E-state index < -0.39 is 0 Å². The lowest BCUT2D eigenvalue weighted by Gasteiger charge is -2.30. The second-order valence-corrected chi connectivity index (χ2v) is 9.01. The second-order valence-electron chi connectivity index (χ2n) is 9.01. The Kier molecular flexibility index (Phi) is 9.74. The molecule has 0 spiro atoms. The smallest absolute Gasteiger partial charge is 0.132 e. The molecule has 0 saturated heterocycles. The standard InChI is InChI=1S/C27H38O3/c1-26(20-21-28,23-12-6-4-7-13-23)18-10-16-25(29)17-11-19-27(2,22-30-3)24-14-8-5-9-15-24/h4-9,12-15,28H,10-11,16-22H2,1-3H3. The molecule has 0 aliphatic heterocycles. The van der Waals surface area contributed by atoms with Gasteiger partial charge in [-0.05, 0) is 48.6 Å². The van der Waals surface area contributed by atoms with E-state index in [1.54, 1.807) is 7.11 Å². The maximum atomic E-state index is 12.5. The first-order chi connectivity index (χ1) is 14.4. The van der Waals surface area contributed by atoms with E-state index in [1.807, 2.05) is 24.3 Å². The predicted molar refractivity (Wildman–Crippen MR) is 124 cm³/mol. The van der Waals surface area contributed by atoms with Crippen LogP contribution in [0.1, 0.15) is 69.9 Å². The largest absolute Gasteiger partial charge is 0.396 e. The maximum Gasteiger partial charge on any atom is 0.132 e. The number of rotatable bonds is 14. The third-order valence-electron chi connectivity index (χ3n) is 6.44. The zero-order valence-electron chi connectivity index (χ0n) is 18.9.